The van der Waals surface area contributed by atoms with Crippen LogP contribution in [0.4, 0.5) is 0 Å². The van der Waals surface area contributed by atoms with Gasteiger partial charge < -0.3 is 15.2 Å². The number of hydrogen-bond donors (Lipinski definition) is 1. The molecule has 2 rings (SSSR count). The Morgan fingerprint density at radius 1 is 1.37 bits per heavy atom. The van der Waals surface area contributed by atoms with Gasteiger partial charge >= 0.3 is 0 Å². The Morgan fingerprint density at radius 2 is 2.05 bits per heavy atom. The molecule has 1 saturated carbocycles. The van der Waals surface area contributed by atoms with Gasteiger partial charge in [-0.1, -0.05) is 6.92 Å². The van der Waals surface area contributed by atoms with Gasteiger partial charge in [0.15, 0.2) is 11.5 Å². The van der Waals surface area contributed by atoms with E-state index >= 15 is 0 Å². The van der Waals surface area contributed by atoms with E-state index in [-0.39, 0.29) is 0 Å². The zero-order valence-corrected chi connectivity index (χ0v) is 13.2. The van der Waals surface area contributed by atoms with Crippen LogP contribution in [0.2, 0.25) is 0 Å². The van der Waals surface area contributed by atoms with Crippen LogP contribution in [-0.4, -0.2) is 19.8 Å². The highest BCUT2D eigenvalue weighted by Crippen LogP contribution is 2.40. The Balaban J connectivity index is 2.29. The van der Waals surface area contributed by atoms with Crippen LogP contribution in [0.25, 0.3) is 0 Å². The highest BCUT2D eigenvalue weighted by atomic mass is 79.9. The van der Waals surface area contributed by atoms with E-state index in [1.165, 1.54) is 18.4 Å². The fourth-order valence-electron chi connectivity index (χ4n) is 2.48. The first-order valence-electron chi connectivity index (χ1n) is 6.89. The van der Waals surface area contributed by atoms with Crippen LogP contribution >= 0.6 is 15.9 Å². The molecule has 3 nitrogen and oxygen atoms in total. The summed E-state index contributed by atoms with van der Waals surface area (Å²) < 4.78 is 12.5. The van der Waals surface area contributed by atoms with Gasteiger partial charge in [-0.2, -0.15) is 0 Å². The first-order chi connectivity index (χ1) is 9.15. The lowest BCUT2D eigenvalue weighted by Gasteiger charge is -2.19. The molecule has 1 aliphatic rings. The van der Waals surface area contributed by atoms with E-state index in [9.17, 15) is 0 Å². The van der Waals surface area contributed by atoms with Crippen molar-refractivity contribution in [3.8, 4) is 11.5 Å². The van der Waals surface area contributed by atoms with Gasteiger partial charge in [0.2, 0.25) is 0 Å². The fraction of sp³-hybridized carbons (Fsp3) is 0.600. The molecule has 0 bridgehead atoms. The number of ether oxygens (including phenoxy) is 2. The summed E-state index contributed by atoms with van der Waals surface area (Å²) in [5, 5.41) is 0. The molecule has 0 heterocycles. The Morgan fingerprint density at radius 3 is 2.63 bits per heavy atom. The Hall–Kier alpha value is -0.740. The van der Waals surface area contributed by atoms with Crippen LogP contribution in [0.5, 0.6) is 11.5 Å². The van der Waals surface area contributed by atoms with E-state index in [1.807, 2.05) is 0 Å². The van der Waals surface area contributed by atoms with Gasteiger partial charge in [0, 0.05) is 0 Å². The van der Waals surface area contributed by atoms with E-state index in [0.717, 1.165) is 28.8 Å². The molecule has 1 unspecified atom stereocenters. The van der Waals surface area contributed by atoms with Gasteiger partial charge in [-0.05, 0) is 71.8 Å². The Kier molecular flexibility index (Phi) is 5.11. The minimum Gasteiger partial charge on any atom is -0.492 e. The van der Waals surface area contributed by atoms with E-state index in [0.29, 0.717) is 18.6 Å². The molecule has 1 fully saturated rings. The van der Waals surface area contributed by atoms with Crippen molar-refractivity contribution < 1.29 is 9.47 Å². The summed E-state index contributed by atoms with van der Waals surface area (Å²) in [4.78, 5) is 0. The van der Waals surface area contributed by atoms with E-state index in [1.54, 1.807) is 7.11 Å². The maximum atomic E-state index is 6.12. The second-order valence-electron chi connectivity index (χ2n) is 5.20. The average molecular weight is 328 g/mol. The molecule has 0 radical (unpaired) electrons. The molecule has 19 heavy (non-hydrogen) atoms. The molecule has 1 aliphatic carbocycles. The third-order valence-electron chi connectivity index (χ3n) is 3.75. The van der Waals surface area contributed by atoms with Crippen LogP contribution in [-0.2, 0) is 0 Å². The summed E-state index contributed by atoms with van der Waals surface area (Å²) in [6.07, 6.45) is 5.11. The molecule has 0 spiro atoms. The molecule has 2 N–H and O–H groups in total. The topological polar surface area (TPSA) is 44.5 Å². The normalized spacial score (nSPS) is 17.5. The number of benzene rings is 1. The molecule has 1 aromatic carbocycles. The maximum absolute atomic E-state index is 6.12. The number of rotatable bonds is 5. The summed E-state index contributed by atoms with van der Waals surface area (Å²) in [5.41, 5.74) is 6.93. The molecular weight excluding hydrogens is 306 g/mol. The summed E-state index contributed by atoms with van der Waals surface area (Å²) in [5.74, 6) is 1.92. The molecule has 0 aliphatic heterocycles. The third kappa shape index (κ3) is 3.42. The van der Waals surface area contributed by atoms with Crippen molar-refractivity contribution in [1.29, 1.82) is 0 Å². The quantitative estimate of drug-likeness (QED) is 0.893. The predicted octanol–water partition coefficient (Wildman–Crippen LogP) is 3.84. The standard InChI is InChI=1S/C15H22BrNO2/c1-10(9-17)11-7-13(16)15(18-2)14(8-11)19-12-5-3-4-6-12/h7-8,10,12H,3-6,9,17H2,1-2H3. The highest BCUT2D eigenvalue weighted by Gasteiger charge is 2.20. The van der Waals surface area contributed by atoms with Gasteiger partial charge in [-0.3, -0.25) is 0 Å². The first kappa shape index (κ1) is 14.7. The van der Waals surface area contributed by atoms with Crippen molar-refractivity contribution in [3.05, 3.63) is 22.2 Å². The number of methoxy groups -OCH3 is 1. The SMILES string of the molecule is COc1c(Br)cc(C(C)CN)cc1OC1CCCC1. The molecule has 1 atom stereocenters. The Bertz CT molecular complexity index is 430. The summed E-state index contributed by atoms with van der Waals surface area (Å²) >= 11 is 3.56. The van der Waals surface area contributed by atoms with Crippen molar-refractivity contribution >= 4 is 15.9 Å². The zero-order valence-electron chi connectivity index (χ0n) is 11.6. The van der Waals surface area contributed by atoms with Crippen LogP contribution in [0.3, 0.4) is 0 Å². The third-order valence-corrected chi connectivity index (χ3v) is 4.34. The molecule has 1 aromatic rings. The monoisotopic (exact) mass is 327 g/mol. The smallest absolute Gasteiger partial charge is 0.174 e. The van der Waals surface area contributed by atoms with Crippen LogP contribution in [0, 0.1) is 0 Å². The number of nitrogens with two attached hydrogens (primary N) is 1. The summed E-state index contributed by atoms with van der Waals surface area (Å²) in [6.45, 7) is 2.75. The van der Waals surface area contributed by atoms with Crippen LogP contribution in [0.1, 0.15) is 44.1 Å². The number of halogens is 1. The van der Waals surface area contributed by atoms with Gasteiger partial charge in [0.1, 0.15) is 0 Å². The molecular formula is C15H22BrNO2. The van der Waals surface area contributed by atoms with Gasteiger partial charge in [-0.25, -0.2) is 0 Å². The lowest BCUT2D eigenvalue weighted by molar-refractivity contribution is 0.200. The van der Waals surface area contributed by atoms with Gasteiger partial charge in [0.05, 0.1) is 17.7 Å². The van der Waals surface area contributed by atoms with Crippen molar-refractivity contribution in [2.24, 2.45) is 5.73 Å². The van der Waals surface area contributed by atoms with Gasteiger partial charge in [0.25, 0.3) is 0 Å². The lowest BCUT2D eigenvalue weighted by Crippen LogP contribution is -2.13. The predicted molar refractivity (Wildman–Crippen MR) is 81.0 cm³/mol. The zero-order chi connectivity index (χ0) is 13.8. The van der Waals surface area contributed by atoms with Crippen molar-refractivity contribution in [2.45, 2.75) is 44.6 Å². The molecule has 0 amide bonds. The van der Waals surface area contributed by atoms with E-state index in [4.69, 9.17) is 15.2 Å². The lowest BCUT2D eigenvalue weighted by atomic mass is 10.0. The van der Waals surface area contributed by atoms with E-state index in [2.05, 4.69) is 35.0 Å². The second kappa shape index (κ2) is 6.62. The van der Waals surface area contributed by atoms with Crippen LogP contribution < -0.4 is 15.2 Å². The summed E-state index contributed by atoms with van der Waals surface area (Å²) in [7, 11) is 1.67. The van der Waals surface area contributed by atoms with Crippen molar-refractivity contribution in [2.75, 3.05) is 13.7 Å². The largest absolute Gasteiger partial charge is 0.492 e. The first-order valence-corrected chi connectivity index (χ1v) is 7.69. The second-order valence-corrected chi connectivity index (χ2v) is 6.05. The fourth-order valence-corrected chi connectivity index (χ4v) is 3.10. The number of hydrogen-bond acceptors (Lipinski definition) is 3. The highest BCUT2D eigenvalue weighted by molar-refractivity contribution is 9.10. The Labute approximate surface area is 123 Å². The van der Waals surface area contributed by atoms with Crippen molar-refractivity contribution in [3.63, 3.8) is 0 Å². The molecule has 0 aromatic heterocycles. The minimum atomic E-state index is 0.313. The molecule has 4 heteroatoms. The maximum Gasteiger partial charge on any atom is 0.174 e. The molecule has 0 saturated heterocycles. The average Bonchev–Trinajstić information content (AvgIpc) is 2.90. The van der Waals surface area contributed by atoms with Gasteiger partial charge in [-0.15, -0.1) is 0 Å². The van der Waals surface area contributed by atoms with E-state index < -0.39 is 0 Å². The molecule has 106 valence electrons. The van der Waals surface area contributed by atoms with Crippen LogP contribution in [0.15, 0.2) is 16.6 Å². The summed E-state index contributed by atoms with van der Waals surface area (Å²) in [6, 6.07) is 4.14. The van der Waals surface area contributed by atoms with Crippen molar-refractivity contribution in [1.82, 2.24) is 0 Å². The minimum absolute atomic E-state index is 0.313.